The normalized spacial score (nSPS) is 22.0. The van der Waals surface area contributed by atoms with Crippen LogP contribution in [0.15, 0.2) is 18.2 Å². The van der Waals surface area contributed by atoms with Crippen LogP contribution >= 0.6 is 0 Å². The number of nitrogens with one attached hydrogen (secondary N) is 2. The lowest BCUT2D eigenvalue weighted by Crippen LogP contribution is -2.43. The third-order valence-electron chi connectivity index (χ3n) is 3.90. The van der Waals surface area contributed by atoms with Gasteiger partial charge in [-0.2, -0.15) is 0 Å². The van der Waals surface area contributed by atoms with Gasteiger partial charge in [0.25, 0.3) is 5.91 Å². The Balaban J connectivity index is 1.57. The van der Waals surface area contributed by atoms with Crippen molar-refractivity contribution in [2.75, 3.05) is 13.1 Å². The van der Waals surface area contributed by atoms with Crippen LogP contribution < -0.4 is 10.6 Å². The topological polar surface area (TPSA) is 50.4 Å². The quantitative estimate of drug-likeness (QED) is 0.867. The molecule has 1 aromatic rings. The summed E-state index contributed by atoms with van der Waals surface area (Å²) in [6.07, 6.45) is 3.65. The SMILES string of the molecule is O=C(NCC1CCCCN1)c1ccc2c(c1)COC2. The summed E-state index contributed by atoms with van der Waals surface area (Å²) in [5.74, 6) is 0.0158. The number of fused-ring (bicyclic) bond motifs is 1. The van der Waals surface area contributed by atoms with Crippen LogP contribution in [0.3, 0.4) is 0 Å². The van der Waals surface area contributed by atoms with Crippen LogP contribution in [-0.4, -0.2) is 25.0 Å². The molecule has 2 N–H and O–H groups in total. The number of ether oxygens (including phenoxy) is 1. The first kappa shape index (κ1) is 12.6. The Morgan fingerprint density at radius 1 is 1.32 bits per heavy atom. The van der Waals surface area contributed by atoms with E-state index in [4.69, 9.17) is 4.74 Å². The lowest BCUT2D eigenvalue weighted by atomic mass is 10.0. The van der Waals surface area contributed by atoms with Crippen molar-refractivity contribution in [1.82, 2.24) is 10.6 Å². The second-order valence-corrected chi connectivity index (χ2v) is 5.33. The number of amides is 1. The molecule has 2 aliphatic heterocycles. The van der Waals surface area contributed by atoms with E-state index in [-0.39, 0.29) is 5.91 Å². The monoisotopic (exact) mass is 260 g/mol. The predicted octanol–water partition coefficient (Wildman–Crippen LogP) is 1.59. The number of rotatable bonds is 3. The molecule has 1 aromatic carbocycles. The van der Waals surface area contributed by atoms with Crippen LogP contribution in [-0.2, 0) is 18.0 Å². The zero-order chi connectivity index (χ0) is 13.1. The standard InChI is InChI=1S/C15H20N2O2/c18-15(17-8-14-3-1-2-6-16-14)11-4-5-12-9-19-10-13(12)7-11/h4-5,7,14,16H,1-3,6,8-10H2,(H,17,18). The van der Waals surface area contributed by atoms with E-state index in [1.54, 1.807) is 0 Å². The van der Waals surface area contributed by atoms with E-state index in [0.717, 1.165) is 24.1 Å². The number of carbonyl (C=O) groups excluding carboxylic acids is 1. The smallest absolute Gasteiger partial charge is 0.251 e. The minimum absolute atomic E-state index is 0.0158. The highest BCUT2D eigenvalue weighted by molar-refractivity contribution is 5.94. The van der Waals surface area contributed by atoms with Crippen LogP contribution in [0.2, 0.25) is 0 Å². The second kappa shape index (κ2) is 5.72. The van der Waals surface area contributed by atoms with Gasteiger partial charge in [0.15, 0.2) is 0 Å². The molecule has 0 saturated carbocycles. The molecule has 1 saturated heterocycles. The molecular formula is C15H20N2O2. The summed E-state index contributed by atoms with van der Waals surface area (Å²) in [5.41, 5.74) is 3.08. The Labute approximate surface area is 113 Å². The summed E-state index contributed by atoms with van der Waals surface area (Å²) in [7, 11) is 0. The molecule has 19 heavy (non-hydrogen) atoms. The maximum absolute atomic E-state index is 12.1. The number of piperidine rings is 1. The molecule has 2 aliphatic rings. The van der Waals surface area contributed by atoms with Gasteiger partial charge in [0.1, 0.15) is 0 Å². The molecular weight excluding hydrogens is 240 g/mol. The van der Waals surface area contributed by atoms with Crippen LogP contribution in [0.25, 0.3) is 0 Å². The average Bonchev–Trinajstić information content (AvgIpc) is 2.93. The van der Waals surface area contributed by atoms with Crippen molar-refractivity contribution in [2.45, 2.75) is 38.5 Å². The molecule has 1 fully saturated rings. The Morgan fingerprint density at radius 3 is 3.05 bits per heavy atom. The van der Waals surface area contributed by atoms with E-state index in [2.05, 4.69) is 10.6 Å². The minimum Gasteiger partial charge on any atom is -0.372 e. The third kappa shape index (κ3) is 2.96. The van der Waals surface area contributed by atoms with Crippen molar-refractivity contribution in [1.29, 1.82) is 0 Å². The highest BCUT2D eigenvalue weighted by atomic mass is 16.5. The van der Waals surface area contributed by atoms with Crippen molar-refractivity contribution in [3.8, 4) is 0 Å². The summed E-state index contributed by atoms with van der Waals surface area (Å²) in [4.78, 5) is 12.1. The number of benzene rings is 1. The summed E-state index contributed by atoms with van der Waals surface area (Å²) < 4.78 is 5.36. The first-order valence-electron chi connectivity index (χ1n) is 7.04. The molecule has 2 heterocycles. The second-order valence-electron chi connectivity index (χ2n) is 5.33. The fourth-order valence-electron chi connectivity index (χ4n) is 2.73. The van der Waals surface area contributed by atoms with Crippen LogP contribution in [0.5, 0.6) is 0 Å². The maximum Gasteiger partial charge on any atom is 0.251 e. The van der Waals surface area contributed by atoms with Gasteiger partial charge in [0, 0.05) is 18.2 Å². The fourth-order valence-corrected chi connectivity index (χ4v) is 2.73. The molecule has 102 valence electrons. The molecule has 1 unspecified atom stereocenters. The minimum atomic E-state index is 0.0158. The van der Waals surface area contributed by atoms with Gasteiger partial charge in [-0.05, 0) is 42.6 Å². The Kier molecular flexibility index (Phi) is 3.80. The molecule has 1 atom stereocenters. The van der Waals surface area contributed by atoms with Gasteiger partial charge in [-0.15, -0.1) is 0 Å². The van der Waals surface area contributed by atoms with Crippen molar-refractivity contribution in [2.24, 2.45) is 0 Å². The Hall–Kier alpha value is -1.39. The van der Waals surface area contributed by atoms with Crippen molar-refractivity contribution >= 4 is 5.91 Å². The van der Waals surface area contributed by atoms with E-state index >= 15 is 0 Å². The van der Waals surface area contributed by atoms with Gasteiger partial charge in [-0.3, -0.25) is 4.79 Å². The summed E-state index contributed by atoms with van der Waals surface area (Å²) in [5, 5.41) is 6.45. The summed E-state index contributed by atoms with van der Waals surface area (Å²) in [6.45, 7) is 3.08. The summed E-state index contributed by atoms with van der Waals surface area (Å²) in [6, 6.07) is 6.26. The van der Waals surface area contributed by atoms with Gasteiger partial charge >= 0.3 is 0 Å². The zero-order valence-corrected chi connectivity index (χ0v) is 11.1. The highest BCUT2D eigenvalue weighted by Gasteiger charge is 2.16. The van der Waals surface area contributed by atoms with E-state index in [1.807, 2.05) is 18.2 Å². The number of hydrogen-bond acceptors (Lipinski definition) is 3. The first-order chi connectivity index (χ1) is 9.33. The van der Waals surface area contributed by atoms with Gasteiger partial charge in [-0.1, -0.05) is 12.5 Å². The summed E-state index contributed by atoms with van der Waals surface area (Å²) >= 11 is 0. The zero-order valence-electron chi connectivity index (χ0n) is 11.1. The molecule has 0 aliphatic carbocycles. The molecule has 0 spiro atoms. The van der Waals surface area contributed by atoms with E-state index in [9.17, 15) is 4.79 Å². The molecule has 3 rings (SSSR count). The largest absolute Gasteiger partial charge is 0.372 e. The average molecular weight is 260 g/mol. The van der Waals surface area contributed by atoms with Crippen LogP contribution in [0, 0.1) is 0 Å². The molecule has 0 radical (unpaired) electrons. The molecule has 1 amide bonds. The van der Waals surface area contributed by atoms with Gasteiger partial charge in [0.2, 0.25) is 0 Å². The Morgan fingerprint density at radius 2 is 2.21 bits per heavy atom. The van der Waals surface area contributed by atoms with E-state index in [1.165, 1.54) is 18.4 Å². The molecule has 0 bridgehead atoms. The van der Waals surface area contributed by atoms with E-state index < -0.39 is 0 Å². The highest BCUT2D eigenvalue weighted by Crippen LogP contribution is 2.20. The first-order valence-corrected chi connectivity index (χ1v) is 7.04. The number of hydrogen-bond donors (Lipinski definition) is 2. The predicted molar refractivity (Wildman–Crippen MR) is 72.9 cm³/mol. The molecule has 4 heteroatoms. The van der Waals surface area contributed by atoms with Crippen molar-refractivity contribution in [3.05, 3.63) is 34.9 Å². The van der Waals surface area contributed by atoms with E-state index in [0.29, 0.717) is 25.8 Å². The van der Waals surface area contributed by atoms with Crippen molar-refractivity contribution < 1.29 is 9.53 Å². The van der Waals surface area contributed by atoms with Crippen LogP contribution in [0.1, 0.15) is 40.7 Å². The Bertz CT molecular complexity index is 467. The fraction of sp³-hybridized carbons (Fsp3) is 0.533. The number of carbonyl (C=O) groups is 1. The van der Waals surface area contributed by atoms with Gasteiger partial charge < -0.3 is 15.4 Å². The molecule has 4 nitrogen and oxygen atoms in total. The maximum atomic E-state index is 12.1. The third-order valence-corrected chi connectivity index (χ3v) is 3.90. The van der Waals surface area contributed by atoms with Gasteiger partial charge in [0.05, 0.1) is 13.2 Å². The van der Waals surface area contributed by atoms with Gasteiger partial charge in [-0.25, -0.2) is 0 Å². The lowest BCUT2D eigenvalue weighted by molar-refractivity contribution is 0.0947. The van der Waals surface area contributed by atoms with Crippen molar-refractivity contribution in [3.63, 3.8) is 0 Å². The lowest BCUT2D eigenvalue weighted by Gasteiger charge is -2.23. The van der Waals surface area contributed by atoms with Crippen LogP contribution in [0.4, 0.5) is 0 Å². The molecule has 0 aromatic heterocycles.